The fourth-order valence-corrected chi connectivity index (χ4v) is 2.77. The van der Waals surface area contributed by atoms with Crippen molar-refractivity contribution in [2.24, 2.45) is 0 Å². The summed E-state index contributed by atoms with van der Waals surface area (Å²) in [6.45, 7) is 5.99. The Morgan fingerprint density at radius 2 is 1.89 bits per heavy atom. The number of aryl methyl sites for hydroxylation is 2. The maximum absolute atomic E-state index is 11.1. The van der Waals surface area contributed by atoms with Crippen molar-refractivity contribution in [2.75, 3.05) is 0 Å². The minimum Gasteiger partial charge on any atom is -1.00 e. The summed E-state index contributed by atoms with van der Waals surface area (Å²) in [5.74, 6) is 0. The van der Waals surface area contributed by atoms with Crippen LogP contribution in [-0.2, 0) is 5.60 Å². The predicted octanol–water partition coefficient (Wildman–Crippen LogP) is 2.89. The molecule has 0 fully saturated rings. The maximum Gasteiger partial charge on any atom is 2.00 e. The SMILES string of the molecule is Cc1cc(C)cc(C(O)(c2cnc[nH]2)C(C)Br)c1.[H-].[H-].[Mg+2]. The Bertz CT molecular complexity index is 532. The van der Waals surface area contributed by atoms with E-state index in [-0.39, 0.29) is 30.7 Å². The van der Waals surface area contributed by atoms with E-state index in [0.717, 1.165) is 16.7 Å². The molecule has 1 aromatic heterocycles. The van der Waals surface area contributed by atoms with Crippen molar-refractivity contribution < 1.29 is 7.96 Å². The second-order valence-electron chi connectivity index (χ2n) is 4.72. The van der Waals surface area contributed by atoms with Crippen molar-refractivity contribution in [2.45, 2.75) is 31.2 Å². The molecule has 1 heterocycles. The molecule has 0 spiro atoms. The van der Waals surface area contributed by atoms with Crippen LogP contribution in [0.1, 0.15) is 32.2 Å². The fourth-order valence-electron chi connectivity index (χ4n) is 2.26. The number of aliphatic hydroxyl groups is 1. The molecule has 0 radical (unpaired) electrons. The van der Waals surface area contributed by atoms with E-state index < -0.39 is 5.60 Å². The smallest absolute Gasteiger partial charge is 1.00 e. The number of aromatic nitrogens is 2. The van der Waals surface area contributed by atoms with Crippen LogP contribution in [0.25, 0.3) is 0 Å². The number of hydrogen-bond acceptors (Lipinski definition) is 2. The zero-order valence-electron chi connectivity index (χ0n) is 13.4. The first-order chi connectivity index (χ1) is 8.44. The molecule has 0 amide bonds. The first kappa shape index (κ1) is 16.7. The van der Waals surface area contributed by atoms with E-state index in [2.05, 4.69) is 32.0 Å². The van der Waals surface area contributed by atoms with Crippen LogP contribution in [-0.4, -0.2) is 43.0 Å². The first-order valence-electron chi connectivity index (χ1n) is 5.88. The van der Waals surface area contributed by atoms with Crippen LogP contribution in [0.3, 0.4) is 0 Å². The zero-order chi connectivity index (χ0) is 13.3. The van der Waals surface area contributed by atoms with Crippen LogP contribution in [0.15, 0.2) is 30.7 Å². The van der Waals surface area contributed by atoms with Gasteiger partial charge in [0.15, 0.2) is 0 Å². The molecule has 2 atom stereocenters. The summed E-state index contributed by atoms with van der Waals surface area (Å²) in [7, 11) is 0. The Morgan fingerprint density at radius 1 is 1.32 bits per heavy atom. The van der Waals surface area contributed by atoms with Gasteiger partial charge in [-0.25, -0.2) is 4.98 Å². The maximum atomic E-state index is 11.1. The molecule has 0 saturated heterocycles. The summed E-state index contributed by atoms with van der Waals surface area (Å²) in [5.41, 5.74) is 2.73. The molecule has 3 nitrogen and oxygen atoms in total. The Hall–Kier alpha value is -0.364. The molecule has 0 bridgehead atoms. The summed E-state index contributed by atoms with van der Waals surface area (Å²) >= 11 is 3.51. The average Bonchev–Trinajstić information content (AvgIpc) is 2.79. The number of aromatic amines is 1. The molecular formula is C14H19BrMgN2O. The van der Waals surface area contributed by atoms with Gasteiger partial charge in [0.2, 0.25) is 0 Å². The molecule has 0 aliphatic rings. The quantitative estimate of drug-likeness (QED) is 0.669. The molecule has 100 valence electrons. The van der Waals surface area contributed by atoms with Gasteiger partial charge in [-0.15, -0.1) is 0 Å². The van der Waals surface area contributed by atoms with E-state index in [1.807, 2.05) is 32.9 Å². The number of H-pyrrole nitrogens is 1. The van der Waals surface area contributed by atoms with E-state index in [4.69, 9.17) is 0 Å². The number of nitrogens with one attached hydrogen (secondary N) is 1. The van der Waals surface area contributed by atoms with Crippen LogP contribution in [0.4, 0.5) is 0 Å². The van der Waals surface area contributed by atoms with Crippen LogP contribution in [0, 0.1) is 13.8 Å². The van der Waals surface area contributed by atoms with E-state index in [1.165, 1.54) is 0 Å². The summed E-state index contributed by atoms with van der Waals surface area (Å²) in [6.07, 6.45) is 3.24. The van der Waals surface area contributed by atoms with Gasteiger partial charge in [-0.3, -0.25) is 0 Å². The van der Waals surface area contributed by atoms with Gasteiger partial charge in [-0.05, 0) is 26.3 Å². The number of nitrogens with zero attached hydrogens (tertiary/aromatic N) is 1. The Balaban J connectivity index is 0. The van der Waals surface area contributed by atoms with Crippen molar-refractivity contribution in [3.8, 4) is 0 Å². The van der Waals surface area contributed by atoms with Crippen LogP contribution in [0.2, 0.25) is 0 Å². The zero-order valence-corrected chi connectivity index (χ0v) is 14.4. The molecular weight excluding hydrogens is 316 g/mol. The van der Waals surface area contributed by atoms with E-state index in [1.54, 1.807) is 12.5 Å². The van der Waals surface area contributed by atoms with Gasteiger partial charge in [0.05, 0.1) is 23.0 Å². The summed E-state index contributed by atoms with van der Waals surface area (Å²) in [5, 5.41) is 11.1. The second-order valence-corrected chi connectivity index (χ2v) is 6.10. The van der Waals surface area contributed by atoms with Gasteiger partial charge in [-0.1, -0.05) is 45.3 Å². The van der Waals surface area contributed by atoms with Gasteiger partial charge in [-0.2, -0.15) is 0 Å². The molecule has 0 aliphatic heterocycles. The van der Waals surface area contributed by atoms with Gasteiger partial charge < -0.3 is 12.9 Å². The number of rotatable bonds is 3. The fraction of sp³-hybridized carbons (Fsp3) is 0.357. The van der Waals surface area contributed by atoms with E-state index in [0.29, 0.717) is 5.69 Å². The molecule has 2 aromatic rings. The molecule has 19 heavy (non-hydrogen) atoms. The summed E-state index contributed by atoms with van der Waals surface area (Å²) in [4.78, 5) is 6.88. The third-order valence-electron chi connectivity index (χ3n) is 3.15. The summed E-state index contributed by atoms with van der Waals surface area (Å²) < 4.78 is 0. The number of imidazole rings is 1. The van der Waals surface area contributed by atoms with Crippen molar-refractivity contribution in [1.29, 1.82) is 0 Å². The number of hydrogen-bond donors (Lipinski definition) is 2. The summed E-state index contributed by atoms with van der Waals surface area (Å²) in [6, 6.07) is 6.10. The molecule has 0 aliphatic carbocycles. The van der Waals surface area contributed by atoms with Gasteiger partial charge in [0.1, 0.15) is 5.60 Å². The van der Waals surface area contributed by atoms with Crippen LogP contribution in [0.5, 0.6) is 0 Å². The van der Waals surface area contributed by atoms with E-state index >= 15 is 0 Å². The molecule has 5 heteroatoms. The predicted molar refractivity (Wildman–Crippen MR) is 83.9 cm³/mol. The van der Waals surface area contributed by atoms with E-state index in [9.17, 15) is 5.11 Å². The molecule has 2 N–H and O–H groups in total. The Labute approximate surface area is 141 Å². The van der Waals surface area contributed by atoms with Crippen molar-refractivity contribution in [1.82, 2.24) is 9.97 Å². The first-order valence-corrected chi connectivity index (χ1v) is 6.80. The van der Waals surface area contributed by atoms with Gasteiger partial charge >= 0.3 is 23.1 Å². The topological polar surface area (TPSA) is 48.9 Å². The minimum atomic E-state index is -1.10. The molecule has 2 unspecified atom stereocenters. The van der Waals surface area contributed by atoms with Crippen LogP contribution < -0.4 is 0 Å². The largest absolute Gasteiger partial charge is 2.00 e. The Kier molecular flexibility index (Phi) is 5.61. The van der Waals surface area contributed by atoms with Gasteiger partial charge in [0.25, 0.3) is 0 Å². The monoisotopic (exact) mass is 334 g/mol. The van der Waals surface area contributed by atoms with Crippen molar-refractivity contribution in [3.05, 3.63) is 53.1 Å². The number of alkyl halides is 1. The number of benzene rings is 1. The second kappa shape index (κ2) is 6.39. The normalized spacial score (nSPS) is 15.4. The number of halogens is 1. The van der Waals surface area contributed by atoms with Crippen molar-refractivity contribution >= 4 is 39.0 Å². The third-order valence-corrected chi connectivity index (χ3v) is 3.81. The standard InChI is InChI=1S/C14H17BrN2O.Mg.2H/c1-9-4-10(2)6-12(5-9)14(18,11(3)15)13-7-16-8-17-13;;;/h4-8,11,18H,1-3H3,(H,16,17);;;/q;+2;2*-1. The molecule has 2 rings (SSSR count). The molecule has 0 saturated carbocycles. The Morgan fingerprint density at radius 3 is 2.32 bits per heavy atom. The average molecular weight is 336 g/mol. The van der Waals surface area contributed by atoms with Crippen molar-refractivity contribution in [3.63, 3.8) is 0 Å². The minimum absolute atomic E-state index is 0. The van der Waals surface area contributed by atoms with Gasteiger partial charge in [0, 0.05) is 0 Å². The third kappa shape index (κ3) is 3.21. The van der Waals surface area contributed by atoms with Crippen LogP contribution >= 0.6 is 15.9 Å². The molecule has 1 aromatic carbocycles.